The molecule has 0 aliphatic carbocycles. The molecular weight excluding hydrogens is 397 g/mol. The van der Waals surface area contributed by atoms with Gasteiger partial charge in [-0.05, 0) is 37.2 Å². The second-order valence-corrected chi connectivity index (χ2v) is 7.22. The van der Waals surface area contributed by atoms with Crippen LogP contribution in [0.2, 0.25) is 10.0 Å². The first kappa shape index (κ1) is 18.2. The minimum atomic E-state index is -0.943. The second kappa shape index (κ2) is 6.74. The molecule has 0 radical (unpaired) electrons. The first-order valence-corrected chi connectivity index (χ1v) is 8.97. The summed E-state index contributed by atoms with van der Waals surface area (Å²) in [5.74, 6) is -1.17. The Hall–Kier alpha value is -2.22. The van der Waals surface area contributed by atoms with Crippen molar-refractivity contribution in [2.45, 2.75) is 12.0 Å². The third-order valence-corrected chi connectivity index (χ3v) is 5.56. The Labute approximate surface area is 162 Å². The van der Waals surface area contributed by atoms with Crippen LogP contribution in [0, 0.1) is 11.6 Å². The fourth-order valence-corrected chi connectivity index (χ4v) is 4.02. The molecule has 0 saturated carbocycles. The fourth-order valence-electron chi connectivity index (χ4n) is 3.53. The van der Waals surface area contributed by atoms with E-state index in [1.807, 2.05) is 0 Å². The normalized spacial score (nSPS) is 19.6. The van der Waals surface area contributed by atoms with Crippen molar-refractivity contribution in [2.75, 3.05) is 18.4 Å². The van der Waals surface area contributed by atoms with Crippen molar-refractivity contribution in [3.05, 3.63) is 68.2 Å². The van der Waals surface area contributed by atoms with Gasteiger partial charge in [-0.2, -0.15) is 0 Å². The van der Waals surface area contributed by atoms with E-state index in [4.69, 9.17) is 23.2 Å². The zero-order valence-corrected chi connectivity index (χ0v) is 15.4. The molecule has 0 amide bonds. The van der Waals surface area contributed by atoms with E-state index in [9.17, 15) is 13.6 Å². The number of nitrogens with zero attached hydrogens (tertiary/aromatic N) is 1. The minimum absolute atomic E-state index is 0.0325. The van der Waals surface area contributed by atoms with Gasteiger partial charge in [0, 0.05) is 17.8 Å². The van der Waals surface area contributed by atoms with E-state index in [0.717, 1.165) is 6.33 Å². The Kier molecular flexibility index (Phi) is 4.53. The molecule has 1 aliphatic heterocycles. The van der Waals surface area contributed by atoms with Crippen LogP contribution in [-0.4, -0.2) is 23.1 Å². The lowest BCUT2D eigenvalue weighted by Gasteiger charge is -2.33. The number of benzene rings is 2. The number of aromatic amines is 1. The molecule has 2 heterocycles. The molecule has 1 fully saturated rings. The highest BCUT2D eigenvalue weighted by molar-refractivity contribution is 6.42. The maximum Gasteiger partial charge on any atom is 0.258 e. The molecule has 1 saturated heterocycles. The Morgan fingerprint density at radius 1 is 1.19 bits per heavy atom. The summed E-state index contributed by atoms with van der Waals surface area (Å²) in [7, 11) is 0. The lowest BCUT2D eigenvalue weighted by molar-refractivity contribution is 0.495. The third kappa shape index (κ3) is 3.05. The van der Waals surface area contributed by atoms with Crippen LogP contribution in [0.15, 0.2) is 35.4 Å². The van der Waals surface area contributed by atoms with Crippen LogP contribution in [0.3, 0.4) is 0 Å². The van der Waals surface area contributed by atoms with Crippen LogP contribution < -0.4 is 16.2 Å². The van der Waals surface area contributed by atoms with Crippen molar-refractivity contribution < 1.29 is 8.78 Å². The Balaban J connectivity index is 1.86. The van der Waals surface area contributed by atoms with E-state index in [-0.39, 0.29) is 26.5 Å². The number of halogens is 4. The van der Waals surface area contributed by atoms with E-state index in [2.05, 4.69) is 20.6 Å². The molecule has 27 heavy (non-hydrogen) atoms. The summed E-state index contributed by atoms with van der Waals surface area (Å²) < 4.78 is 29.1. The second-order valence-electron chi connectivity index (χ2n) is 6.44. The summed E-state index contributed by atoms with van der Waals surface area (Å²) in [6, 6.07) is 5.35. The van der Waals surface area contributed by atoms with Crippen LogP contribution in [0.4, 0.5) is 14.5 Å². The average molecular weight is 411 g/mol. The first-order chi connectivity index (χ1) is 12.9. The highest BCUT2D eigenvalue weighted by Gasteiger charge is 2.40. The van der Waals surface area contributed by atoms with Crippen molar-refractivity contribution in [2.24, 2.45) is 0 Å². The van der Waals surface area contributed by atoms with Gasteiger partial charge in [0.05, 0.1) is 27.3 Å². The van der Waals surface area contributed by atoms with Crippen LogP contribution in [-0.2, 0) is 5.54 Å². The molecule has 5 nitrogen and oxygen atoms in total. The number of aromatic nitrogens is 2. The number of fused-ring (bicyclic) bond motifs is 1. The molecule has 1 aliphatic rings. The highest BCUT2D eigenvalue weighted by Crippen LogP contribution is 2.41. The monoisotopic (exact) mass is 410 g/mol. The first-order valence-electron chi connectivity index (χ1n) is 8.21. The van der Waals surface area contributed by atoms with Crippen LogP contribution in [0.5, 0.6) is 0 Å². The predicted molar refractivity (Wildman–Crippen MR) is 102 cm³/mol. The van der Waals surface area contributed by atoms with Crippen LogP contribution >= 0.6 is 23.2 Å². The van der Waals surface area contributed by atoms with Gasteiger partial charge in [-0.1, -0.05) is 23.2 Å². The number of hydrogen-bond acceptors (Lipinski definition) is 4. The predicted octanol–water partition coefficient (Wildman–Crippen LogP) is 3.81. The van der Waals surface area contributed by atoms with Gasteiger partial charge in [-0.15, -0.1) is 0 Å². The molecule has 1 atom stereocenters. The maximum atomic E-state index is 14.7. The molecule has 2 aromatic carbocycles. The van der Waals surface area contributed by atoms with Gasteiger partial charge in [0.15, 0.2) is 5.82 Å². The van der Waals surface area contributed by atoms with Crippen LogP contribution in [0.25, 0.3) is 10.9 Å². The molecule has 0 bridgehead atoms. The number of nitrogens with one attached hydrogen (secondary N) is 3. The summed E-state index contributed by atoms with van der Waals surface area (Å²) in [5, 5.41) is 6.77. The lowest BCUT2D eigenvalue weighted by atomic mass is 9.87. The molecule has 140 valence electrons. The summed E-state index contributed by atoms with van der Waals surface area (Å²) >= 11 is 12.4. The molecule has 3 N–H and O–H groups in total. The summed E-state index contributed by atoms with van der Waals surface area (Å²) in [5.41, 5.74) is -0.913. The van der Waals surface area contributed by atoms with Crippen molar-refractivity contribution in [1.29, 1.82) is 0 Å². The van der Waals surface area contributed by atoms with Gasteiger partial charge in [0.1, 0.15) is 11.3 Å². The van der Waals surface area contributed by atoms with Gasteiger partial charge >= 0.3 is 0 Å². The van der Waals surface area contributed by atoms with E-state index in [1.54, 1.807) is 0 Å². The number of anilines is 1. The maximum absolute atomic E-state index is 14.7. The van der Waals surface area contributed by atoms with E-state index >= 15 is 0 Å². The molecule has 4 rings (SSSR count). The summed E-state index contributed by atoms with van der Waals surface area (Å²) in [6.45, 7) is 0.959. The van der Waals surface area contributed by atoms with E-state index in [0.29, 0.717) is 25.2 Å². The number of rotatable bonds is 3. The van der Waals surface area contributed by atoms with Crippen molar-refractivity contribution in [3.8, 4) is 0 Å². The minimum Gasteiger partial charge on any atom is -0.374 e. The van der Waals surface area contributed by atoms with Crippen molar-refractivity contribution >= 4 is 39.8 Å². The van der Waals surface area contributed by atoms with Gasteiger partial charge in [0.2, 0.25) is 0 Å². The molecule has 9 heteroatoms. The number of H-pyrrole nitrogens is 1. The van der Waals surface area contributed by atoms with Gasteiger partial charge in [0.25, 0.3) is 5.56 Å². The SMILES string of the molecule is O=c1[nH]cnc2c(F)cc(NC3(c4c(F)ccc(Cl)c4Cl)CCNC3)cc12. The number of hydrogen-bond donors (Lipinski definition) is 3. The smallest absolute Gasteiger partial charge is 0.258 e. The summed E-state index contributed by atoms with van der Waals surface area (Å²) in [6.07, 6.45) is 1.64. The van der Waals surface area contributed by atoms with Gasteiger partial charge in [-0.3, -0.25) is 4.79 Å². The average Bonchev–Trinajstić information content (AvgIpc) is 3.09. The lowest BCUT2D eigenvalue weighted by Crippen LogP contribution is -2.39. The standard InChI is InChI=1S/C18H14Cl2F2N4O/c19-11-1-2-12(21)14(15(11)20)18(3-4-23-7-18)26-9-5-10-16(13(22)6-9)24-8-25-17(10)27/h1-2,5-6,8,23,26H,3-4,7H2,(H,24,25,27). The molecule has 3 aromatic rings. The molecule has 1 unspecified atom stereocenters. The Bertz CT molecular complexity index is 1100. The van der Waals surface area contributed by atoms with Crippen LogP contribution in [0.1, 0.15) is 12.0 Å². The van der Waals surface area contributed by atoms with Gasteiger partial charge < -0.3 is 15.6 Å². The topological polar surface area (TPSA) is 69.8 Å². The highest BCUT2D eigenvalue weighted by atomic mass is 35.5. The van der Waals surface area contributed by atoms with E-state index < -0.39 is 22.7 Å². The molecular formula is C18H14Cl2F2N4O. The van der Waals surface area contributed by atoms with Crippen molar-refractivity contribution in [3.63, 3.8) is 0 Å². The van der Waals surface area contributed by atoms with E-state index in [1.165, 1.54) is 24.3 Å². The zero-order valence-electron chi connectivity index (χ0n) is 13.9. The van der Waals surface area contributed by atoms with Gasteiger partial charge in [-0.25, -0.2) is 13.8 Å². The Morgan fingerprint density at radius 3 is 2.74 bits per heavy atom. The third-order valence-electron chi connectivity index (χ3n) is 4.76. The largest absolute Gasteiger partial charge is 0.374 e. The summed E-state index contributed by atoms with van der Waals surface area (Å²) in [4.78, 5) is 18.3. The Morgan fingerprint density at radius 2 is 2.00 bits per heavy atom. The molecule has 1 aromatic heterocycles. The van der Waals surface area contributed by atoms with Crippen molar-refractivity contribution in [1.82, 2.24) is 15.3 Å². The zero-order chi connectivity index (χ0) is 19.2. The fraction of sp³-hybridized carbons (Fsp3) is 0.222. The molecule has 0 spiro atoms. The quantitative estimate of drug-likeness (QED) is 0.574.